The molecule has 0 bridgehead atoms. The predicted molar refractivity (Wildman–Crippen MR) is 109 cm³/mol. The first kappa shape index (κ1) is 21.2. The average Bonchev–Trinajstić information content (AvgIpc) is 2.73. The summed E-state index contributed by atoms with van der Waals surface area (Å²) in [6.45, 7) is 4.94. The van der Waals surface area contributed by atoms with E-state index in [1.807, 2.05) is 38.1 Å². The molecule has 148 valence electrons. The van der Waals surface area contributed by atoms with Crippen molar-refractivity contribution in [2.24, 2.45) is 0 Å². The molecule has 0 aromatic heterocycles. The van der Waals surface area contributed by atoms with Crippen LogP contribution in [0, 0.1) is 0 Å². The molecule has 2 rings (SSSR count). The topological polar surface area (TPSA) is 69.7 Å². The smallest absolute Gasteiger partial charge is 0.252 e. The summed E-state index contributed by atoms with van der Waals surface area (Å²) < 4.78 is 0. The average molecular weight is 381 g/mol. The Hall–Kier alpha value is -3.15. The van der Waals surface area contributed by atoms with Gasteiger partial charge >= 0.3 is 0 Å². The van der Waals surface area contributed by atoms with Gasteiger partial charge in [0.05, 0.1) is 6.54 Å². The molecule has 0 fully saturated rings. The molecule has 0 saturated heterocycles. The van der Waals surface area contributed by atoms with Crippen LogP contribution in [0.4, 0.5) is 0 Å². The fourth-order valence-electron chi connectivity index (χ4n) is 2.91. The molecule has 0 radical (unpaired) electrons. The third kappa shape index (κ3) is 5.42. The van der Waals surface area contributed by atoms with Crippen molar-refractivity contribution in [3.63, 3.8) is 0 Å². The Kier molecular flexibility index (Phi) is 7.75. The summed E-state index contributed by atoms with van der Waals surface area (Å²) in [7, 11) is 1.58. The molecule has 0 heterocycles. The Morgan fingerprint density at radius 3 is 1.96 bits per heavy atom. The minimum atomic E-state index is -0.872. The maximum Gasteiger partial charge on any atom is 0.252 e. The molecule has 2 aromatic carbocycles. The zero-order valence-corrected chi connectivity index (χ0v) is 16.6. The number of hydrogen-bond acceptors (Lipinski definition) is 3. The van der Waals surface area contributed by atoms with Crippen LogP contribution in [0.2, 0.25) is 0 Å². The van der Waals surface area contributed by atoms with Gasteiger partial charge in [-0.1, -0.05) is 48.5 Å². The molecule has 6 nitrogen and oxygen atoms in total. The van der Waals surface area contributed by atoms with Gasteiger partial charge in [0.2, 0.25) is 11.8 Å². The van der Waals surface area contributed by atoms with Crippen LogP contribution in [0.25, 0.3) is 0 Å². The van der Waals surface area contributed by atoms with E-state index < -0.39 is 6.04 Å². The third-order valence-electron chi connectivity index (χ3n) is 4.56. The normalized spacial score (nSPS) is 11.4. The highest BCUT2D eigenvalue weighted by Gasteiger charge is 2.27. The number of carbonyl (C=O) groups excluding carboxylic acids is 3. The minimum absolute atomic E-state index is 0.0367. The molecule has 28 heavy (non-hydrogen) atoms. The summed E-state index contributed by atoms with van der Waals surface area (Å²) in [5.41, 5.74) is 1.14. The first-order valence-corrected chi connectivity index (χ1v) is 9.41. The molecular formula is C22H27N3O3. The van der Waals surface area contributed by atoms with Crippen LogP contribution < -0.4 is 5.32 Å². The van der Waals surface area contributed by atoms with Crippen molar-refractivity contribution >= 4 is 17.7 Å². The highest BCUT2D eigenvalue weighted by molar-refractivity contribution is 5.98. The molecule has 0 aliphatic carbocycles. The zero-order valence-electron chi connectivity index (χ0n) is 16.6. The molecule has 6 heteroatoms. The molecule has 0 saturated carbocycles. The fraction of sp³-hybridized carbons (Fsp3) is 0.318. The van der Waals surface area contributed by atoms with E-state index in [1.54, 1.807) is 48.3 Å². The maximum absolute atomic E-state index is 13.1. The van der Waals surface area contributed by atoms with E-state index in [0.29, 0.717) is 24.2 Å². The number of rotatable bonds is 8. The molecule has 0 spiro atoms. The van der Waals surface area contributed by atoms with Gasteiger partial charge in [0, 0.05) is 25.7 Å². The van der Waals surface area contributed by atoms with E-state index in [2.05, 4.69) is 5.32 Å². The molecule has 2 aromatic rings. The number of likely N-dealkylation sites (N-methyl/N-ethyl adjacent to an activating group) is 2. The summed E-state index contributed by atoms with van der Waals surface area (Å²) in [5.74, 6) is -0.802. The van der Waals surface area contributed by atoms with Crippen molar-refractivity contribution in [2.75, 3.05) is 26.7 Å². The van der Waals surface area contributed by atoms with E-state index in [9.17, 15) is 14.4 Å². The van der Waals surface area contributed by atoms with Crippen LogP contribution in [0.1, 0.15) is 35.8 Å². The molecule has 1 unspecified atom stereocenters. The van der Waals surface area contributed by atoms with Crippen LogP contribution in [-0.2, 0) is 9.59 Å². The van der Waals surface area contributed by atoms with Crippen LogP contribution in [0.3, 0.4) is 0 Å². The van der Waals surface area contributed by atoms with Gasteiger partial charge in [0.1, 0.15) is 6.04 Å². The Morgan fingerprint density at radius 2 is 1.43 bits per heavy atom. The lowest BCUT2D eigenvalue weighted by Crippen LogP contribution is -2.46. The number of amides is 3. The number of carbonyl (C=O) groups is 3. The first-order valence-electron chi connectivity index (χ1n) is 9.41. The molecule has 1 N–H and O–H groups in total. The van der Waals surface area contributed by atoms with Gasteiger partial charge in [-0.2, -0.15) is 0 Å². The Balaban J connectivity index is 2.20. The second-order valence-corrected chi connectivity index (χ2v) is 6.44. The van der Waals surface area contributed by atoms with Gasteiger partial charge in [-0.3, -0.25) is 14.4 Å². The molecule has 0 aliphatic rings. The van der Waals surface area contributed by atoms with Crippen LogP contribution in [0.15, 0.2) is 60.7 Å². The van der Waals surface area contributed by atoms with Gasteiger partial charge < -0.3 is 15.1 Å². The zero-order chi connectivity index (χ0) is 20.5. The lowest BCUT2D eigenvalue weighted by Gasteiger charge is -2.27. The second kappa shape index (κ2) is 10.3. The number of nitrogens with one attached hydrogen (secondary N) is 1. The molecule has 0 aliphatic heterocycles. The van der Waals surface area contributed by atoms with Crippen LogP contribution >= 0.6 is 0 Å². The van der Waals surface area contributed by atoms with E-state index in [-0.39, 0.29) is 24.3 Å². The molecule has 3 amide bonds. The maximum atomic E-state index is 13.1. The third-order valence-corrected chi connectivity index (χ3v) is 4.56. The Labute approximate surface area is 166 Å². The van der Waals surface area contributed by atoms with Gasteiger partial charge in [0.15, 0.2) is 0 Å². The van der Waals surface area contributed by atoms with Crippen molar-refractivity contribution in [2.45, 2.75) is 19.9 Å². The number of benzene rings is 2. The minimum Gasteiger partial charge on any atom is -0.342 e. The highest BCUT2D eigenvalue weighted by atomic mass is 16.2. The lowest BCUT2D eigenvalue weighted by molar-refractivity contribution is -0.140. The standard InChI is InChI=1S/C22H27N3O3/c1-4-25(5-2)19(26)16-24(3)22(28)20(17-12-8-6-9-13-17)23-21(27)18-14-10-7-11-15-18/h6-15,20H,4-5,16H2,1-3H3,(H,23,27). The van der Waals surface area contributed by atoms with Gasteiger partial charge in [-0.05, 0) is 31.5 Å². The fourth-order valence-corrected chi connectivity index (χ4v) is 2.91. The SMILES string of the molecule is CCN(CC)C(=O)CN(C)C(=O)C(NC(=O)c1ccccc1)c1ccccc1. The van der Waals surface area contributed by atoms with Gasteiger partial charge in [-0.25, -0.2) is 0 Å². The summed E-state index contributed by atoms with van der Waals surface area (Å²) in [6, 6.07) is 16.9. The van der Waals surface area contributed by atoms with E-state index >= 15 is 0 Å². The largest absolute Gasteiger partial charge is 0.342 e. The van der Waals surface area contributed by atoms with Crippen molar-refractivity contribution in [3.8, 4) is 0 Å². The van der Waals surface area contributed by atoms with Crippen molar-refractivity contribution in [3.05, 3.63) is 71.8 Å². The van der Waals surface area contributed by atoms with Crippen molar-refractivity contribution < 1.29 is 14.4 Å². The Bertz CT molecular complexity index is 789. The Morgan fingerprint density at radius 1 is 0.893 bits per heavy atom. The van der Waals surface area contributed by atoms with Gasteiger partial charge in [-0.15, -0.1) is 0 Å². The summed E-state index contributed by atoms with van der Waals surface area (Å²) in [5, 5.41) is 2.81. The molecular weight excluding hydrogens is 354 g/mol. The number of nitrogens with zero attached hydrogens (tertiary/aromatic N) is 2. The summed E-state index contributed by atoms with van der Waals surface area (Å²) in [6.07, 6.45) is 0. The van der Waals surface area contributed by atoms with E-state index in [0.717, 1.165) is 0 Å². The van der Waals surface area contributed by atoms with Crippen molar-refractivity contribution in [1.82, 2.24) is 15.1 Å². The summed E-state index contributed by atoms with van der Waals surface area (Å²) in [4.78, 5) is 41.1. The van der Waals surface area contributed by atoms with Crippen molar-refractivity contribution in [1.29, 1.82) is 0 Å². The van der Waals surface area contributed by atoms with Gasteiger partial charge in [0.25, 0.3) is 5.91 Å². The predicted octanol–water partition coefficient (Wildman–Crippen LogP) is 2.48. The second-order valence-electron chi connectivity index (χ2n) is 6.44. The number of hydrogen-bond donors (Lipinski definition) is 1. The highest BCUT2D eigenvalue weighted by Crippen LogP contribution is 2.16. The van der Waals surface area contributed by atoms with Crippen LogP contribution in [0.5, 0.6) is 0 Å². The van der Waals surface area contributed by atoms with Crippen LogP contribution in [-0.4, -0.2) is 54.2 Å². The lowest BCUT2D eigenvalue weighted by atomic mass is 10.0. The first-order chi connectivity index (χ1) is 13.5. The molecule has 1 atom stereocenters. The quantitative estimate of drug-likeness (QED) is 0.764. The van der Waals surface area contributed by atoms with E-state index in [1.165, 1.54) is 4.90 Å². The van der Waals surface area contributed by atoms with E-state index in [4.69, 9.17) is 0 Å². The monoisotopic (exact) mass is 381 g/mol. The summed E-state index contributed by atoms with van der Waals surface area (Å²) >= 11 is 0.